The maximum atomic E-state index is 10.9. The molecule has 5 aromatic rings. The first-order valence-electron chi connectivity index (χ1n) is 11.4. The Labute approximate surface area is 190 Å². The molecule has 0 aliphatic carbocycles. The van der Waals surface area contributed by atoms with Gasteiger partial charge in [0.1, 0.15) is 5.75 Å². The Morgan fingerprint density at radius 2 is 1.12 bits per heavy atom. The van der Waals surface area contributed by atoms with Gasteiger partial charge in [-0.15, -0.1) is 0 Å². The van der Waals surface area contributed by atoms with Crippen molar-refractivity contribution in [2.24, 2.45) is 0 Å². The SMILES string of the molecule is CC(C)(C)c1cc(-n2c3ccccc3c3c4ccccc4c(O)cc32)cc(C(C)(C)C)c1. The molecule has 0 unspecified atom stereocenters. The predicted molar refractivity (Wildman–Crippen MR) is 137 cm³/mol. The molecule has 0 radical (unpaired) electrons. The topological polar surface area (TPSA) is 25.2 Å². The van der Waals surface area contributed by atoms with Gasteiger partial charge in [-0.3, -0.25) is 0 Å². The largest absolute Gasteiger partial charge is 0.507 e. The van der Waals surface area contributed by atoms with Crippen LogP contribution in [0.4, 0.5) is 0 Å². The van der Waals surface area contributed by atoms with Crippen LogP contribution in [0.2, 0.25) is 0 Å². The summed E-state index contributed by atoms with van der Waals surface area (Å²) >= 11 is 0. The van der Waals surface area contributed by atoms with Crippen molar-refractivity contribution >= 4 is 32.6 Å². The molecular formula is C30H31NO. The third kappa shape index (κ3) is 3.17. The standard InChI is InChI=1S/C30H31NO/c1-29(2,3)19-15-20(30(4,5)6)17-21(16-19)31-25-14-10-9-13-24(25)28-23-12-8-7-11-22(23)27(32)18-26(28)31/h7-18,32H,1-6H3. The van der Waals surface area contributed by atoms with Gasteiger partial charge in [-0.2, -0.15) is 0 Å². The van der Waals surface area contributed by atoms with Crippen LogP contribution >= 0.6 is 0 Å². The van der Waals surface area contributed by atoms with Crippen molar-refractivity contribution in [2.45, 2.75) is 52.4 Å². The molecule has 162 valence electrons. The highest BCUT2D eigenvalue weighted by Gasteiger charge is 2.23. The van der Waals surface area contributed by atoms with Crippen LogP contribution in [0.15, 0.2) is 72.8 Å². The lowest BCUT2D eigenvalue weighted by molar-refractivity contribution is 0.482. The van der Waals surface area contributed by atoms with Crippen molar-refractivity contribution in [2.75, 3.05) is 0 Å². The van der Waals surface area contributed by atoms with E-state index in [4.69, 9.17) is 0 Å². The zero-order valence-electron chi connectivity index (χ0n) is 19.8. The summed E-state index contributed by atoms with van der Waals surface area (Å²) in [6, 6.07) is 25.6. The minimum atomic E-state index is 0.0314. The van der Waals surface area contributed by atoms with E-state index in [0.29, 0.717) is 5.75 Å². The van der Waals surface area contributed by atoms with Crippen molar-refractivity contribution < 1.29 is 5.11 Å². The fourth-order valence-corrected chi connectivity index (χ4v) is 4.70. The molecule has 32 heavy (non-hydrogen) atoms. The number of para-hydroxylation sites is 1. The lowest BCUT2D eigenvalue weighted by Crippen LogP contribution is -2.17. The average Bonchev–Trinajstić information content (AvgIpc) is 3.06. The molecule has 1 heterocycles. The van der Waals surface area contributed by atoms with E-state index in [1.165, 1.54) is 21.9 Å². The Hall–Kier alpha value is -3.26. The fraction of sp³-hybridized carbons (Fsp3) is 0.267. The van der Waals surface area contributed by atoms with Crippen LogP contribution in [0.1, 0.15) is 52.7 Å². The average molecular weight is 422 g/mol. The van der Waals surface area contributed by atoms with Gasteiger partial charge in [-0.1, -0.05) is 90.1 Å². The molecule has 0 saturated carbocycles. The summed E-state index contributed by atoms with van der Waals surface area (Å²) < 4.78 is 2.32. The lowest BCUT2D eigenvalue weighted by Gasteiger charge is -2.26. The summed E-state index contributed by atoms with van der Waals surface area (Å²) in [5.41, 5.74) is 6.03. The van der Waals surface area contributed by atoms with Gasteiger partial charge in [0.25, 0.3) is 0 Å². The molecule has 0 atom stereocenters. The first-order valence-corrected chi connectivity index (χ1v) is 11.4. The summed E-state index contributed by atoms with van der Waals surface area (Å²) in [4.78, 5) is 0. The molecule has 4 aromatic carbocycles. The second-order valence-corrected chi connectivity index (χ2v) is 11.0. The normalized spacial score (nSPS) is 12.8. The monoisotopic (exact) mass is 421 g/mol. The lowest BCUT2D eigenvalue weighted by atomic mass is 9.80. The number of rotatable bonds is 1. The number of aromatic nitrogens is 1. The summed E-state index contributed by atoms with van der Waals surface area (Å²) in [7, 11) is 0. The van der Waals surface area contributed by atoms with E-state index in [1.54, 1.807) is 0 Å². The van der Waals surface area contributed by atoms with E-state index in [0.717, 1.165) is 27.5 Å². The van der Waals surface area contributed by atoms with Crippen LogP contribution < -0.4 is 0 Å². The van der Waals surface area contributed by atoms with Crippen LogP contribution in [0, 0.1) is 0 Å². The van der Waals surface area contributed by atoms with Crippen LogP contribution in [-0.4, -0.2) is 9.67 Å². The molecule has 0 amide bonds. The van der Waals surface area contributed by atoms with Gasteiger partial charge in [0.15, 0.2) is 0 Å². The maximum absolute atomic E-state index is 10.9. The van der Waals surface area contributed by atoms with Gasteiger partial charge in [0.05, 0.1) is 11.0 Å². The second kappa shape index (κ2) is 6.87. The Kier molecular flexibility index (Phi) is 4.43. The third-order valence-corrected chi connectivity index (χ3v) is 6.57. The van der Waals surface area contributed by atoms with Crippen molar-refractivity contribution in [1.29, 1.82) is 0 Å². The molecule has 0 fully saturated rings. The molecule has 1 aromatic heterocycles. The first kappa shape index (κ1) is 20.6. The number of hydrogen-bond acceptors (Lipinski definition) is 1. The van der Waals surface area contributed by atoms with Crippen molar-refractivity contribution in [3.63, 3.8) is 0 Å². The molecule has 0 aliphatic heterocycles. The smallest absolute Gasteiger partial charge is 0.125 e. The highest BCUT2D eigenvalue weighted by atomic mass is 16.3. The predicted octanol–water partition coefficient (Wildman–Crippen LogP) is 8.24. The van der Waals surface area contributed by atoms with E-state index >= 15 is 0 Å². The molecule has 0 aliphatic rings. The van der Waals surface area contributed by atoms with Gasteiger partial charge in [-0.25, -0.2) is 0 Å². The highest BCUT2D eigenvalue weighted by molar-refractivity contribution is 6.22. The minimum Gasteiger partial charge on any atom is -0.507 e. The van der Waals surface area contributed by atoms with E-state index in [1.807, 2.05) is 24.3 Å². The van der Waals surface area contributed by atoms with Gasteiger partial charge in [0, 0.05) is 27.9 Å². The number of fused-ring (bicyclic) bond motifs is 5. The quantitative estimate of drug-likeness (QED) is 0.290. The molecule has 1 N–H and O–H groups in total. The fourth-order valence-electron chi connectivity index (χ4n) is 4.70. The third-order valence-electron chi connectivity index (χ3n) is 6.57. The van der Waals surface area contributed by atoms with Crippen LogP contribution in [0.3, 0.4) is 0 Å². The van der Waals surface area contributed by atoms with E-state index in [9.17, 15) is 5.11 Å². The first-order chi connectivity index (χ1) is 15.1. The molecule has 0 spiro atoms. The summed E-state index contributed by atoms with van der Waals surface area (Å²) in [6.07, 6.45) is 0. The molecular weight excluding hydrogens is 390 g/mol. The summed E-state index contributed by atoms with van der Waals surface area (Å²) in [5, 5.41) is 15.3. The number of hydrogen-bond donors (Lipinski definition) is 1. The molecule has 2 nitrogen and oxygen atoms in total. The number of benzene rings is 4. The molecule has 0 saturated heterocycles. The van der Waals surface area contributed by atoms with Crippen LogP contribution in [0.5, 0.6) is 5.75 Å². The van der Waals surface area contributed by atoms with E-state index in [-0.39, 0.29) is 10.8 Å². The number of nitrogens with zero attached hydrogens (tertiary/aromatic N) is 1. The maximum Gasteiger partial charge on any atom is 0.125 e. The Bertz CT molecular complexity index is 1460. The number of phenols is 1. The second-order valence-electron chi connectivity index (χ2n) is 11.0. The summed E-state index contributed by atoms with van der Waals surface area (Å²) in [5.74, 6) is 0.320. The highest BCUT2D eigenvalue weighted by Crippen LogP contribution is 2.41. The zero-order chi connectivity index (χ0) is 22.8. The number of phenolic OH excluding ortho intramolecular Hbond substituents is 1. The minimum absolute atomic E-state index is 0.0314. The number of aromatic hydroxyl groups is 1. The summed E-state index contributed by atoms with van der Waals surface area (Å²) in [6.45, 7) is 13.6. The molecule has 2 heteroatoms. The Morgan fingerprint density at radius 1 is 0.594 bits per heavy atom. The van der Waals surface area contributed by atoms with Crippen LogP contribution in [0.25, 0.3) is 38.3 Å². The van der Waals surface area contributed by atoms with E-state index < -0.39 is 0 Å². The molecule has 0 bridgehead atoms. The van der Waals surface area contributed by atoms with Crippen molar-refractivity contribution in [3.05, 3.63) is 83.9 Å². The van der Waals surface area contributed by atoms with Gasteiger partial charge in [0.2, 0.25) is 0 Å². The zero-order valence-corrected chi connectivity index (χ0v) is 19.8. The van der Waals surface area contributed by atoms with E-state index in [2.05, 4.69) is 94.6 Å². The Balaban J connectivity index is 1.97. The van der Waals surface area contributed by atoms with Crippen LogP contribution in [-0.2, 0) is 10.8 Å². The van der Waals surface area contributed by atoms with Gasteiger partial charge < -0.3 is 9.67 Å². The Morgan fingerprint density at radius 3 is 1.72 bits per heavy atom. The van der Waals surface area contributed by atoms with Crippen molar-refractivity contribution in [1.82, 2.24) is 4.57 Å². The van der Waals surface area contributed by atoms with Gasteiger partial charge in [-0.05, 0) is 45.5 Å². The molecule has 5 rings (SSSR count). The van der Waals surface area contributed by atoms with Crippen molar-refractivity contribution in [3.8, 4) is 11.4 Å². The van der Waals surface area contributed by atoms with Gasteiger partial charge >= 0.3 is 0 Å².